The van der Waals surface area contributed by atoms with Gasteiger partial charge in [-0.3, -0.25) is 4.79 Å². The Bertz CT molecular complexity index is 327. The highest BCUT2D eigenvalue weighted by Gasteiger charge is 2.23. The fourth-order valence-corrected chi connectivity index (χ4v) is 1.97. The van der Waals surface area contributed by atoms with E-state index in [1.807, 2.05) is 0 Å². The lowest BCUT2D eigenvalue weighted by Gasteiger charge is -2.26. The fourth-order valence-electron chi connectivity index (χ4n) is 1.97. The molecular weight excluding hydrogens is 235 g/mol. The summed E-state index contributed by atoms with van der Waals surface area (Å²) in [6.07, 6.45) is 0.200. The van der Waals surface area contributed by atoms with Crippen molar-refractivity contribution in [3.63, 3.8) is 0 Å². The molecule has 1 fully saturated rings. The number of aldehydes is 1. The predicted molar refractivity (Wildman–Crippen MR) is 54.9 cm³/mol. The molecule has 2 atom stereocenters. The van der Waals surface area contributed by atoms with E-state index in [0.29, 0.717) is 12.8 Å². The van der Waals surface area contributed by atoms with Gasteiger partial charge < -0.3 is 10.1 Å². The van der Waals surface area contributed by atoms with Gasteiger partial charge >= 0.3 is 6.08 Å². The first kappa shape index (κ1) is 13.7. The Hall–Kier alpha value is -1.33. The third-order valence-electron chi connectivity index (χ3n) is 2.79. The number of hydrogen-bond donors (Lipinski definition) is 1. The number of nitrogens with one attached hydrogen (secondary N) is 1. The molecule has 1 aliphatic carbocycles. The van der Waals surface area contributed by atoms with Crippen molar-refractivity contribution in [2.45, 2.75) is 38.1 Å². The smallest absolute Gasteiger partial charge is 0.302 e. The van der Waals surface area contributed by atoms with E-state index < -0.39 is 24.2 Å². The lowest BCUT2D eigenvalue weighted by Crippen LogP contribution is -2.38. The van der Waals surface area contributed by atoms with Gasteiger partial charge in [0, 0.05) is 12.0 Å². The van der Waals surface area contributed by atoms with Crippen LogP contribution in [0.15, 0.2) is 11.9 Å². The maximum atomic E-state index is 12.5. The minimum absolute atomic E-state index is 0.104. The van der Waals surface area contributed by atoms with Gasteiger partial charge in [0.25, 0.3) is 0 Å². The maximum absolute atomic E-state index is 12.5. The average molecular weight is 249 g/mol. The van der Waals surface area contributed by atoms with Gasteiger partial charge in [-0.15, -0.1) is 0 Å². The van der Waals surface area contributed by atoms with E-state index in [4.69, 9.17) is 0 Å². The first-order chi connectivity index (χ1) is 8.02. The molecule has 0 aromatic heterocycles. The summed E-state index contributed by atoms with van der Waals surface area (Å²) in [7, 11) is 0. The Morgan fingerprint density at radius 1 is 1.29 bits per heavy atom. The van der Waals surface area contributed by atoms with Crippen LogP contribution in [0.3, 0.4) is 0 Å². The van der Waals surface area contributed by atoms with E-state index in [1.165, 1.54) is 0 Å². The van der Waals surface area contributed by atoms with Gasteiger partial charge in [-0.1, -0.05) is 6.42 Å². The molecule has 0 radical (unpaired) electrons. The van der Waals surface area contributed by atoms with Crippen LogP contribution in [0.1, 0.15) is 32.1 Å². The predicted octanol–water partition coefficient (Wildman–Crippen LogP) is 2.33. The molecule has 2 unspecified atom stereocenters. The summed E-state index contributed by atoms with van der Waals surface area (Å²) in [5.74, 6) is -2.58. The van der Waals surface area contributed by atoms with Crippen molar-refractivity contribution < 1.29 is 22.8 Å². The van der Waals surface area contributed by atoms with Crippen LogP contribution in [0.4, 0.5) is 13.2 Å². The molecular formula is C11H14F3NO2. The van der Waals surface area contributed by atoms with E-state index in [9.17, 15) is 22.8 Å². The zero-order valence-electron chi connectivity index (χ0n) is 9.22. The van der Waals surface area contributed by atoms with Crippen molar-refractivity contribution in [1.29, 1.82) is 0 Å². The largest absolute Gasteiger partial charge is 0.353 e. The van der Waals surface area contributed by atoms with Crippen LogP contribution in [-0.4, -0.2) is 18.2 Å². The highest BCUT2D eigenvalue weighted by Crippen LogP contribution is 2.23. The van der Waals surface area contributed by atoms with Gasteiger partial charge in [0.15, 0.2) is 5.83 Å². The SMILES string of the molecule is O=CC1CCCC(NC(=O)CC(F)=C(F)F)C1. The minimum atomic E-state index is -2.46. The van der Waals surface area contributed by atoms with Crippen LogP contribution in [0.25, 0.3) is 0 Å². The summed E-state index contributed by atoms with van der Waals surface area (Å²) in [5, 5.41) is 2.46. The number of carbonyl (C=O) groups excluding carboxylic acids is 2. The number of amides is 1. The van der Waals surface area contributed by atoms with Crippen molar-refractivity contribution in [1.82, 2.24) is 5.32 Å². The van der Waals surface area contributed by atoms with E-state index in [1.54, 1.807) is 0 Å². The fraction of sp³-hybridized carbons (Fsp3) is 0.636. The van der Waals surface area contributed by atoms with Crippen LogP contribution in [0, 0.1) is 5.92 Å². The first-order valence-electron chi connectivity index (χ1n) is 5.47. The van der Waals surface area contributed by atoms with Crippen molar-refractivity contribution >= 4 is 12.2 Å². The average Bonchev–Trinajstić information content (AvgIpc) is 2.28. The maximum Gasteiger partial charge on any atom is 0.302 e. The van der Waals surface area contributed by atoms with Crippen LogP contribution in [0.5, 0.6) is 0 Å². The quantitative estimate of drug-likeness (QED) is 0.777. The molecule has 1 rings (SSSR count). The van der Waals surface area contributed by atoms with Crippen LogP contribution >= 0.6 is 0 Å². The lowest BCUT2D eigenvalue weighted by molar-refractivity contribution is -0.122. The van der Waals surface area contributed by atoms with Gasteiger partial charge in [-0.05, 0) is 19.3 Å². The normalized spacial score (nSPS) is 23.9. The standard InChI is InChI=1S/C11H14F3NO2/c12-9(11(13)14)5-10(17)15-8-3-1-2-7(4-8)6-16/h6-8H,1-5H2,(H,15,17). The van der Waals surface area contributed by atoms with E-state index in [0.717, 1.165) is 19.1 Å². The monoisotopic (exact) mass is 249 g/mol. The van der Waals surface area contributed by atoms with Crippen molar-refractivity contribution in [3.05, 3.63) is 11.9 Å². The Labute approximate surface area is 97.1 Å². The molecule has 0 aliphatic heterocycles. The second-order valence-corrected chi connectivity index (χ2v) is 4.17. The van der Waals surface area contributed by atoms with Crippen molar-refractivity contribution in [3.8, 4) is 0 Å². The zero-order chi connectivity index (χ0) is 12.8. The van der Waals surface area contributed by atoms with E-state index >= 15 is 0 Å². The van der Waals surface area contributed by atoms with Crippen LogP contribution < -0.4 is 5.32 Å². The Morgan fingerprint density at radius 3 is 2.59 bits per heavy atom. The molecule has 0 bridgehead atoms. The lowest BCUT2D eigenvalue weighted by atomic mass is 9.86. The minimum Gasteiger partial charge on any atom is -0.353 e. The summed E-state index contributed by atoms with van der Waals surface area (Å²) in [6.45, 7) is 0. The molecule has 0 saturated heterocycles. The second kappa shape index (κ2) is 6.42. The first-order valence-corrected chi connectivity index (χ1v) is 5.47. The number of hydrogen-bond acceptors (Lipinski definition) is 2. The van der Waals surface area contributed by atoms with Gasteiger partial charge in [0.1, 0.15) is 6.29 Å². The number of rotatable bonds is 4. The molecule has 0 aromatic rings. The van der Waals surface area contributed by atoms with Gasteiger partial charge in [0.2, 0.25) is 5.91 Å². The van der Waals surface area contributed by atoms with Gasteiger partial charge in [-0.2, -0.15) is 8.78 Å². The summed E-state index contributed by atoms with van der Waals surface area (Å²) < 4.78 is 36.0. The highest BCUT2D eigenvalue weighted by atomic mass is 19.3. The third-order valence-corrected chi connectivity index (χ3v) is 2.79. The number of halogens is 3. The van der Waals surface area contributed by atoms with Crippen molar-refractivity contribution in [2.75, 3.05) is 0 Å². The van der Waals surface area contributed by atoms with Crippen molar-refractivity contribution in [2.24, 2.45) is 5.92 Å². The van der Waals surface area contributed by atoms with E-state index in [2.05, 4.69) is 5.32 Å². The zero-order valence-corrected chi connectivity index (χ0v) is 9.22. The molecule has 1 amide bonds. The van der Waals surface area contributed by atoms with E-state index in [-0.39, 0.29) is 12.0 Å². The third kappa shape index (κ3) is 4.58. The van der Waals surface area contributed by atoms with Crippen LogP contribution in [-0.2, 0) is 9.59 Å². The Morgan fingerprint density at radius 2 is 2.00 bits per heavy atom. The molecule has 17 heavy (non-hydrogen) atoms. The summed E-state index contributed by atoms with van der Waals surface area (Å²) in [6, 6.07) is -0.220. The van der Waals surface area contributed by atoms with Crippen LogP contribution in [0.2, 0.25) is 0 Å². The highest BCUT2D eigenvalue weighted by molar-refractivity contribution is 5.78. The molecule has 0 heterocycles. The second-order valence-electron chi connectivity index (χ2n) is 4.17. The Balaban J connectivity index is 2.41. The molecule has 0 aromatic carbocycles. The molecule has 3 nitrogen and oxygen atoms in total. The van der Waals surface area contributed by atoms with Gasteiger partial charge in [-0.25, -0.2) is 4.39 Å². The molecule has 1 saturated carbocycles. The molecule has 1 aliphatic rings. The molecule has 0 spiro atoms. The summed E-state index contributed by atoms with van der Waals surface area (Å²) in [5.41, 5.74) is 0. The molecule has 96 valence electrons. The Kier molecular flexibility index (Phi) is 5.18. The van der Waals surface area contributed by atoms with Gasteiger partial charge in [0.05, 0.1) is 6.42 Å². The molecule has 1 N–H and O–H groups in total. The number of carbonyl (C=O) groups is 2. The topological polar surface area (TPSA) is 46.2 Å². The summed E-state index contributed by atoms with van der Waals surface area (Å²) >= 11 is 0. The molecule has 6 heteroatoms. The summed E-state index contributed by atoms with van der Waals surface area (Å²) in [4.78, 5) is 21.8.